The first-order valence-electron chi connectivity index (χ1n) is 7.13. The first-order valence-corrected chi connectivity index (χ1v) is 7.13. The maximum Gasteiger partial charge on any atom is 0.239 e. The van der Waals surface area contributed by atoms with Gasteiger partial charge in [-0.25, -0.2) is 0 Å². The highest BCUT2D eigenvalue weighted by atomic mass is 16.5. The third kappa shape index (κ3) is 5.36. The Morgan fingerprint density at radius 3 is 2.33 bits per heavy atom. The average molecular weight is 256 g/mol. The van der Waals surface area contributed by atoms with Gasteiger partial charge in [0.25, 0.3) is 0 Å². The lowest BCUT2D eigenvalue weighted by Gasteiger charge is -2.30. The number of carbonyl (C=O) groups is 1. The lowest BCUT2D eigenvalue weighted by molar-refractivity contribution is -0.137. The lowest BCUT2D eigenvalue weighted by Crippen LogP contribution is -2.51. The summed E-state index contributed by atoms with van der Waals surface area (Å²) in [4.78, 5) is 14.1. The van der Waals surface area contributed by atoms with Crippen molar-refractivity contribution in [3.8, 4) is 0 Å². The lowest BCUT2D eigenvalue weighted by atomic mass is 10.0. The molecule has 0 unspecified atom stereocenters. The molecule has 0 aliphatic carbocycles. The van der Waals surface area contributed by atoms with E-state index in [2.05, 4.69) is 26.1 Å². The molecule has 1 aliphatic rings. The van der Waals surface area contributed by atoms with Crippen LogP contribution in [0, 0.1) is 5.92 Å². The Labute approximate surface area is 111 Å². The molecule has 0 saturated carbocycles. The fourth-order valence-electron chi connectivity index (χ4n) is 2.22. The van der Waals surface area contributed by atoms with Crippen LogP contribution in [0.2, 0.25) is 0 Å². The van der Waals surface area contributed by atoms with Gasteiger partial charge in [-0.3, -0.25) is 4.79 Å². The highest BCUT2D eigenvalue weighted by molar-refractivity contribution is 5.81. The Kier molecular flexibility index (Phi) is 6.65. The number of hydrogen-bond donors (Lipinski definition) is 1. The van der Waals surface area contributed by atoms with Crippen LogP contribution in [-0.2, 0) is 9.53 Å². The van der Waals surface area contributed by atoms with E-state index in [1.54, 1.807) is 0 Å². The SMILES string of the molecule is CC(C)CC[C@H](C)N[C@H](C)C(=O)N1CCOCC1. The van der Waals surface area contributed by atoms with Crippen LogP contribution in [0.5, 0.6) is 0 Å². The van der Waals surface area contributed by atoms with E-state index in [-0.39, 0.29) is 11.9 Å². The molecule has 2 atom stereocenters. The van der Waals surface area contributed by atoms with Crippen LogP contribution in [0.3, 0.4) is 0 Å². The number of morpholine rings is 1. The van der Waals surface area contributed by atoms with Crippen molar-refractivity contribution in [2.75, 3.05) is 26.3 Å². The molecular weight excluding hydrogens is 228 g/mol. The molecule has 106 valence electrons. The van der Waals surface area contributed by atoms with Crippen LogP contribution >= 0.6 is 0 Å². The van der Waals surface area contributed by atoms with Gasteiger partial charge in [-0.05, 0) is 32.6 Å². The molecule has 0 aromatic heterocycles. The van der Waals surface area contributed by atoms with Gasteiger partial charge in [0.15, 0.2) is 0 Å². The van der Waals surface area contributed by atoms with E-state index in [1.807, 2.05) is 11.8 Å². The standard InChI is InChI=1S/C14H28N2O2/c1-11(2)5-6-12(3)15-13(4)14(17)16-7-9-18-10-8-16/h11-13,15H,5-10H2,1-4H3/t12-,13+/m0/s1. The van der Waals surface area contributed by atoms with E-state index in [1.165, 1.54) is 6.42 Å². The predicted molar refractivity (Wildman–Crippen MR) is 73.5 cm³/mol. The Balaban J connectivity index is 2.29. The largest absolute Gasteiger partial charge is 0.378 e. The van der Waals surface area contributed by atoms with Gasteiger partial charge in [-0.1, -0.05) is 13.8 Å². The zero-order valence-corrected chi connectivity index (χ0v) is 12.2. The highest BCUT2D eigenvalue weighted by Crippen LogP contribution is 2.08. The second kappa shape index (κ2) is 7.74. The topological polar surface area (TPSA) is 41.6 Å². The average Bonchev–Trinajstić information content (AvgIpc) is 2.36. The van der Waals surface area contributed by atoms with Gasteiger partial charge in [0.1, 0.15) is 0 Å². The predicted octanol–water partition coefficient (Wildman–Crippen LogP) is 1.65. The molecule has 4 nitrogen and oxygen atoms in total. The number of nitrogens with zero attached hydrogens (tertiary/aromatic N) is 1. The third-order valence-electron chi connectivity index (χ3n) is 3.40. The fourth-order valence-corrected chi connectivity index (χ4v) is 2.22. The number of nitrogens with one attached hydrogen (secondary N) is 1. The van der Waals surface area contributed by atoms with E-state index < -0.39 is 0 Å². The monoisotopic (exact) mass is 256 g/mol. The van der Waals surface area contributed by atoms with Crippen LogP contribution in [0.25, 0.3) is 0 Å². The first kappa shape index (κ1) is 15.4. The smallest absolute Gasteiger partial charge is 0.239 e. The summed E-state index contributed by atoms with van der Waals surface area (Å²) in [6.45, 7) is 11.4. The molecule has 1 rings (SSSR count). The van der Waals surface area contributed by atoms with Gasteiger partial charge in [0.2, 0.25) is 5.91 Å². The minimum Gasteiger partial charge on any atom is -0.378 e. The molecule has 4 heteroatoms. The van der Waals surface area contributed by atoms with Crippen LogP contribution in [-0.4, -0.2) is 49.2 Å². The van der Waals surface area contributed by atoms with Gasteiger partial charge >= 0.3 is 0 Å². The minimum atomic E-state index is -0.0923. The van der Waals surface area contributed by atoms with Crippen molar-refractivity contribution in [3.05, 3.63) is 0 Å². The summed E-state index contributed by atoms with van der Waals surface area (Å²) in [5.74, 6) is 0.925. The van der Waals surface area contributed by atoms with E-state index in [4.69, 9.17) is 4.74 Å². The van der Waals surface area contributed by atoms with Crippen molar-refractivity contribution in [2.24, 2.45) is 5.92 Å². The molecule has 18 heavy (non-hydrogen) atoms. The number of ether oxygens (including phenoxy) is 1. The van der Waals surface area contributed by atoms with Crippen molar-refractivity contribution < 1.29 is 9.53 Å². The Morgan fingerprint density at radius 1 is 1.17 bits per heavy atom. The molecule has 1 fully saturated rings. The van der Waals surface area contributed by atoms with E-state index in [9.17, 15) is 4.79 Å². The first-order chi connectivity index (χ1) is 8.50. The van der Waals surface area contributed by atoms with Crippen LogP contribution in [0.1, 0.15) is 40.5 Å². The van der Waals surface area contributed by atoms with Gasteiger partial charge in [0, 0.05) is 19.1 Å². The number of hydrogen-bond acceptors (Lipinski definition) is 3. The third-order valence-corrected chi connectivity index (χ3v) is 3.40. The minimum absolute atomic E-state index is 0.0923. The second-order valence-electron chi connectivity index (χ2n) is 5.70. The van der Waals surface area contributed by atoms with E-state index >= 15 is 0 Å². The maximum atomic E-state index is 12.2. The number of amides is 1. The molecule has 1 N–H and O–H groups in total. The molecule has 1 amide bonds. The molecule has 1 heterocycles. The van der Waals surface area contributed by atoms with Crippen molar-refractivity contribution in [1.82, 2.24) is 10.2 Å². The molecule has 1 saturated heterocycles. The van der Waals surface area contributed by atoms with Crippen molar-refractivity contribution in [1.29, 1.82) is 0 Å². The van der Waals surface area contributed by atoms with Crippen LogP contribution < -0.4 is 5.32 Å². The zero-order chi connectivity index (χ0) is 13.5. The summed E-state index contributed by atoms with van der Waals surface area (Å²) in [6, 6.07) is 0.303. The van der Waals surface area contributed by atoms with Gasteiger partial charge in [-0.15, -0.1) is 0 Å². The molecule has 0 aromatic carbocycles. The molecule has 0 bridgehead atoms. The molecule has 0 aromatic rings. The second-order valence-corrected chi connectivity index (χ2v) is 5.70. The summed E-state index contributed by atoms with van der Waals surface area (Å²) in [7, 11) is 0. The Bertz CT molecular complexity index is 250. The van der Waals surface area contributed by atoms with Crippen molar-refractivity contribution >= 4 is 5.91 Å². The Hall–Kier alpha value is -0.610. The normalized spacial score (nSPS) is 19.9. The van der Waals surface area contributed by atoms with E-state index in [0.717, 1.165) is 25.4 Å². The summed E-state index contributed by atoms with van der Waals surface area (Å²) < 4.78 is 5.26. The van der Waals surface area contributed by atoms with Crippen molar-refractivity contribution in [2.45, 2.75) is 52.6 Å². The summed E-state index contributed by atoms with van der Waals surface area (Å²) >= 11 is 0. The molecule has 0 spiro atoms. The van der Waals surface area contributed by atoms with Gasteiger partial charge in [0.05, 0.1) is 19.3 Å². The maximum absolute atomic E-state index is 12.2. The summed E-state index contributed by atoms with van der Waals surface area (Å²) in [5, 5.41) is 3.40. The van der Waals surface area contributed by atoms with Crippen LogP contribution in [0.4, 0.5) is 0 Å². The van der Waals surface area contributed by atoms with Gasteiger partial charge in [-0.2, -0.15) is 0 Å². The summed E-state index contributed by atoms with van der Waals surface area (Å²) in [5.41, 5.74) is 0. The van der Waals surface area contributed by atoms with Crippen LogP contribution in [0.15, 0.2) is 0 Å². The zero-order valence-electron chi connectivity index (χ0n) is 12.2. The number of rotatable bonds is 6. The number of carbonyl (C=O) groups excluding carboxylic acids is 1. The highest BCUT2D eigenvalue weighted by Gasteiger charge is 2.23. The molecule has 0 radical (unpaired) electrons. The Morgan fingerprint density at radius 2 is 1.78 bits per heavy atom. The van der Waals surface area contributed by atoms with E-state index in [0.29, 0.717) is 19.3 Å². The molecule has 1 aliphatic heterocycles. The van der Waals surface area contributed by atoms with Gasteiger partial charge < -0.3 is 15.0 Å². The summed E-state index contributed by atoms with van der Waals surface area (Å²) in [6.07, 6.45) is 2.32. The molecular formula is C14H28N2O2. The fraction of sp³-hybridized carbons (Fsp3) is 0.929. The quantitative estimate of drug-likeness (QED) is 0.785. The van der Waals surface area contributed by atoms with Crippen molar-refractivity contribution in [3.63, 3.8) is 0 Å².